The highest BCUT2D eigenvalue weighted by Crippen LogP contribution is 2.52. The van der Waals surface area contributed by atoms with Crippen molar-refractivity contribution in [1.82, 2.24) is 0 Å². The van der Waals surface area contributed by atoms with Gasteiger partial charge in [0.15, 0.2) is 0 Å². The van der Waals surface area contributed by atoms with Crippen LogP contribution in [-0.2, 0) is 9.53 Å². The normalized spacial score (nSPS) is 26.5. The predicted octanol–water partition coefficient (Wildman–Crippen LogP) is 1.36. The van der Waals surface area contributed by atoms with Gasteiger partial charge in [0, 0.05) is 5.92 Å². The Labute approximate surface area is 101 Å². The topological polar surface area (TPSA) is 61.5 Å². The number of rotatable bonds is 3. The largest absolute Gasteiger partial charge is 0.496 e. The molecule has 0 aliphatic heterocycles. The van der Waals surface area contributed by atoms with E-state index in [1.165, 1.54) is 7.11 Å². The molecule has 2 unspecified atom stereocenters. The zero-order valence-electron chi connectivity index (χ0n) is 10.3. The molecule has 2 rings (SSSR count). The maximum atomic E-state index is 11.6. The van der Waals surface area contributed by atoms with Gasteiger partial charge in [-0.05, 0) is 25.0 Å². The van der Waals surface area contributed by atoms with E-state index in [4.69, 9.17) is 15.2 Å². The molecule has 4 nitrogen and oxygen atoms in total. The van der Waals surface area contributed by atoms with Crippen LogP contribution in [0, 0.1) is 6.92 Å². The van der Waals surface area contributed by atoms with Gasteiger partial charge in [-0.2, -0.15) is 0 Å². The molecule has 1 aromatic rings. The quantitative estimate of drug-likeness (QED) is 0.804. The van der Waals surface area contributed by atoms with E-state index >= 15 is 0 Å². The highest BCUT2D eigenvalue weighted by molar-refractivity contribution is 5.86. The number of methoxy groups -OCH3 is 2. The third kappa shape index (κ3) is 1.89. The van der Waals surface area contributed by atoms with Crippen LogP contribution in [0.2, 0.25) is 0 Å². The number of hydrogen-bond acceptors (Lipinski definition) is 4. The molecule has 1 saturated carbocycles. The summed E-state index contributed by atoms with van der Waals surface area (Å²) in [5, 5.41) is 0. The van der Waals surface area contributed by atoms with Gasteiger partial charge >= 0.3 is 5.97 Å². The first-order valence-electron chi connectivity index (χ1n) is 5.54. The van der Waals surface area contributed by atoms with Gasteiger partial charge in [0.05, 0.1) is 14.2 Å². The molecule has 2 atom stereocenters. The van der Waals surface area contributed by atoms with E-state index in [2.05, 4.69) is 0 Å². The van der Waals surface area contributed by atoms with Crippen molar-refractivity contribution in [1.29, 1.82) is 0 Å². The lowest BCUT2D eigenvalue weighted by Gasteiger charge is -2.12. The average Bonchev–Trinajstić information content (AvgIpc) is 3.02. The molecular weight excluding hydrogens is 218 g/mol. The molecule has 0 aromatic heterocycles. The molecular formula is C13H17NO3. The van der Waals surface area contributed by atoms with Crippen LogP contribution < -0.4 is 10.5 Å². The zero-order chi connectivity index (χ0) is 12.6. The van der Waals surface area contributed by atoms with Crippen LogP contribution in [0.1, 0.15) is 23.5 Å². The van der Waals surface area contributed by atoms with Crippen LogP contribution >= 0.6 is 0 Å². The van der Waals surface area contributed by atoms with E-state index in [0.717, 1.165) is 16.9 Å². The number of benzene rings is 1. The average molecular weight is 235 g/mol. The molecule has 0 bridgehead atoms. The smallest absolute Gasteiger partial charge is 0.326 e. The molecule has 1 aliphatic carbocycles. The fourth-order valence-electron chi connectivity index (χ4n) is 2.21. The second kappa shape index (κ2) is 4.04. The number of aryl methyl sites for hydroxylation is 1. The Morgan fingerprint density at radius 3 is 2.76 bits per heavy atom. The summed E-state index contributed by atoms with van der Waals surface area (Å²) in [7, 11) is 2.98. The first-order chi connectivity index (χ1) is 8.02. The number of carbonyl (C=O) groups excluding carboxylic acids is 1. The van der Waals surface area contributed by atoms with E-state index in [0.29, 0.717) is 6.42 Å². The molecule has 1 aliphatic rings. The number of hydrogen-bond donors (Lipinski definition) is 1. The third-order valence-electron chi connectivity index (χ3n) is 3.33. The predicted molar refractivity (Wildman–Crippen MR) is 64.0 cm³/mol. The van der Waals surface area contributed by atoms with Crippen molar-refractivity contribution in [2.24, 2.45) is 5.73 Å². The molecule has 1 aromatic carbocycles. The van der Waals surface area contributed by atoms with Crippen LogP contribution in [0.25, 0.3) is 0 Å². The van der Waals surface area contributed by atoms with Crippen molar-refractivity contribution in [2.75, 3.05) is 14.2 Å². The van der Waals surface area contributed by atoms with Gasteiger partial charge in [-0.25, -0.2) is 0 Å². The summed E-state index contributed by atoms with van der Waals surface area (Å²) in [6, 6.07) is 5.89. The molecule has 0 heterocycles. The van der Waals surface area contributed by atoms with E-state index in [-0.39, 0.29) is 11.9 Å². The maximum absolute atomic E-state index is 11.6. The molecule has 0 radical (unpaired) electrons. The zero-order valence-corrected chi connectivity index (χ0v) is 10.3. The van der Waals surface area contributed by atoms with Crippen molar-refractivity contribution in [3.8, 4) is 5.75 Å². The van der Waals surface area contributed by atoms with E-state index in [1.54, 1.807) is 7.11 Å². The van der Waals surface area contributed by atoms with Gasteiger partial charge in [0.25, 0.3) is 0 Å². The lowest BCUT2D eigenvalue weighted by molar-refractivity contribution is -0.143. The van der Waals surface area contributed by atoms with E-state index in [1.807, 2.05) is 25.1 Å². The number of ether oxygens (including phenoxy) is 2. The van der Waals surface area contributed by atoms with Crippen molar-refractivity contribution in [3.63, 3.8) is 0 Å². The number of carbonyl (C=O) groups is 1. The summed E-state index contributed by atoms with van der Waals surface area (Å²) in [5.74, 6) is 0.410. The SMILES string of the molecule is COC(=O)C1(N)CC1c1cc(C)ccc1OC. The Bertz CT molecular complexity index is 458. The Morgan fingerprint density at radius 2 is 2.18 bits per heavy atom. The first-order valence-corrected chi connectivity index (χ1v) is 5.54. The third-order valence-corrected chi connectivity index (χ3v) is 3.33. The molecule has 92 valence electrons. The minimum atomic E-state index is -0.879. The molecule has 1 fully saturated rings. The summed E-state index contributed by atoms with van der Waals surface area (Å²) in [6.45, 7) is 2.00. The summed E-state index contributed by atoms with van der Waals surface area (Å²) < 4.78 is 10.0. The standard InChI is InChI=1S/C13H17NO3/c1-8-4-5-11(16-2)9(6-8)10-7-13(10,14)12(15)17-3/h4-6,10H,7,14H2,1-3H3. The Hall–Kier alpha value is -1.55. The molecule has 4 heteroatoms. The first kappa shape index (κ1) is 11.9. The monoisotopic (exact) mass is 235 g/mol. The fourth-order valence-corrected chi connectivity index (χ4v) is 2.21. The second-order valence-corrected chi connectivity index (χ2v) is 4.53. The van der Waals surface area contributed by atoms with Crippen LogP contribution in [0.3, 0.4) is 0 Å². The molecule has 17 heavy (non-hydrogen) atoms. The lowest BCUT2D eigenvalue weighted by atomic mass is 10.0. The van der Waals surface area contributed by atoms with Gasteiger partial charge in [0.2, 0.25) is 0 Å². The minimum Gasteiger partial charge on any atom is -0.496 e. The Morgan fingerprint density at radius 1 is 1.47 bits per heavy atom. The minimum absolute atomic E-state index is 0.00944. The second-order valence-electron chi connectivity index (χ2n) is 4.53. The van der Waals surface area contributed by atoms with Crippen LogP contribution in [0.5, 0.6) is 5.75 Å². The highest BCUT2D eigenvalue weighted by atomic mass is 16.5. The molecule has 0 saturated heterocycles. The summed E-state index contributed by atoms with van der Waals surface area (Å²) in [5.41, 5.74) is 7.25. The van der Waals surface area contributed by atoms with Crippen molar-refractivity contribution < 1.29 is 14.3 Å². The Kier molecular flexibility index (Phi) is 2.83. The van der Waals surface area contributed by atoms with Crippen LogP contribution in [0.15, 0.2) is 18.2 Å². The van der Waals surface area contributed by atoms with Crippen LogP contribution in [-0.4, -0.2) is 25.7 Å². The Balaban J connectivity index is 2.31. The molecule has 2 N–H and O–H groups in total. The van der Waals surface area contributed by atoms with Gasteiger partial charge in [-0.3, -0.25) is 4.79 Å². The van der Waals surface area contributed by atoms with Crippen LogP contribution in [0.4, 0.5) is 0 Å². The van der Waals surface area contributed by atoms with Gasteiger partial charge < -0.3 is 15.2 Å². The fraction of sp³-hybridized carbons (Fsp3) is 0.462. The van der Waals surface area contributed by atoms with E-state index in [9.17, 15) is 4.79 Å². The van der Waals surface area contributed by atoms with E-state index < -0.39 is 5.54 Å². The van der Waals surface area contributed by atoms with Crippen molar-refractivity contribution in [2.45, 2.75) is 24.8 Å². The number of nitrogens with two attached hydrogens (primary N) is 1. The summed E-state index contributed by atoms with van der Waals surface area (Å²) in [6.07, 6.45) is 0.611. The van der Waals surface area contributed by atoms with Gasteiger partial charge in [-0.1, -0.05) is 17.7 Å². The van der Waals surface area contributed by atoms with Gasteiger partial charge in [-0.15, -0.1) is 0 Å². The summed E-state index contributed by atoms with van der Waals surface area (Å²) >= 11 is 0. The highest BCUT2D eigenvalue weighted by Gasteiger charge is 2.59. The van der Waals surface area contributed by atoms with Crippen molar-refractivity contribution in [3.05, 3.63) is 29.3 Å². The lowest BCUT2D eigenvalue weighted by Crippen LogP contribution is -2.36. The maximum Gasteiger partial charge on any atom is 0.326 e. The number of esters is 1. The van der Waals surface area contributed by atoms with Crippen molar-refractivity contribution >= 4 is 5.97 Å². The molecule has 0 spiro atoms. The summed E-state index contributed by atoms with van der Waals surface area (Å²) in [4.78, 5) is 11.6. The van der Waals surface area contributed by atoms with Gasteiger partial charge in [0.1, 0.15) is 11.3 Å². The molecule has 0 amide bonds.